The normalized spacial score (nSPS) is 21.9. The summed E-state index contributed by atoms with van der Waals surface area (Å²) in [7, 11) is 1.38. The van der Waals surface area contributed by atoms with Gasteiger partial charge in [0.05, 0.1) is 24.2 Å². The lowest BCUT2D eigenvalue weighted by Crippen LogP contribution is -2.19. The highest BCUT2D eigenvalue weighted by atomic mass is 16.5. The number of methoxy groups -OCH3 is 1. The van der Waals surface area contributed by atoms with Gasteiger partial charge in [-0.05, 0) is 50.2 Å². The molecule has 1 N–H and O–H groups in total. The Morgan fingerprint density at radius 3 is 2.82 bits per heavy atom. The van der Waals surface area contributed by atoms with Crippen molar-refractivity contribution in [1.82, 2.24) is 9.78 Å². The molecule has 1 saturated carbocycles. The van der Waals surface area contributed by atoms with Gasteiger partial charge in [-0.15, -0.1) is 0 Å². The third-order valence-electron chi connectivity index (χ3n) is 4.67. The van der Waals surface area contributed by atoms with Crippen molar-refractivity contribution in [2.75, 3.05) is 13.7 Å². The maximum Gasteiger partial charge on any atom is 0.337 e. The van der Waals surface area contributed by atoms with Gasteiger partial charge in [-0.2, -0.15) is 5.10 Å². The average Bonchev–Trinajstić information content (AvgIpc) is 2.98. The van der Waals surface area contributed by atoms with Crippen LogP contribution >= 0.6 is 0 Å². The van der Waals surface area contributed by atoms with Gasteiger partial charge in [0.1, 0.15) is 0 Å². The van der Waals surface area contributed by atoms with Crippen LogP contribution in [0.2, 0.25) is 0 Å². The van der Waals surface area contributed by atoms with Crippen LogP contribution in [0.25, 0.3) is 10.9 Å². The predicted molar refractivity (Wildman–Crippen MR) is 83.8 cm³/mol. The molecular weight excluding hydrogens is 280 g/mol. The van der Waals surface area contributed by atoms with Crippen molar-refractivity contribution in [1.29, 1.82) is 0 Å². The van der Waals surface area contributed by atoms with Gasteiger partial charge in [0.25, 0.3) is 0 Å². The van der Waals surface area contributed by atoms with Crippen LogP contribution in [0.1, 0.15) is 48.5 Å². The second kappa shape index (κ2) is 6.48. The molecule has 3 rings (SSSR count). The lowest BCUT2D eigenvalue weighted by atomic mass is 9.84. The number of ether oxygens (including phenoxy) is 1. The van der Waals surface area contributed by atoms with E-state index in [0.29, 0.717) is 17.5 Å². The Labute approximate surface area is 129 Å². The van der Waals surface area contributed by atoms with E-state index in [-0.39, 0.29) is 12.6 Å². The number of esters is 1. The number of aromatic nitrogens is 2. The molecule has 0 saturated heterocycles. The third kappa shape index (κ3) is 2.99. The summed E-state index contributed by atoms with van der Waals surface area (Å²) in [6.07, 6.45) is 7.47. The molecule has 0 atom stereocenters. The number of nitrogens with zero attached hydrogens (tertiary/aromatic N) is 2. The summed E-state index contributed by atoms with van der Waals surface area (Å²) in [6.45, 7) is 0.289. The van der Waals surface area contributed by atoms with E-state index in [1.165, 1.54) is 7.11 Å². The van der Waals surface area contributed by atoms with Crippen LogP contribution in [0, 0.1) is 5.92 Å². The molecule has 22 heavy (non-hydrogen) atoms. The zero-order valence-corrected chi connectivity index (χ0v) is 12.9. The Hall–Kier alpha value is -1.88. The Balaban J connectivity index is 1.76. The molecule has 2 aromatic rings. The van der Waals surface area contributed by atoms with Crippen LogP contribution in [-0.4, -0.2) is 34.6 Å². The third-order valence-corrected chi connectivity index (χ3v) is 4.67. The summed E-state index contributed by atoms with van der Waals surface area (Å²) in [6, 6.07) is 5.90. The van der Waals surface area contributed by atoms with Crippen LogP contribution < -0.4 is 0 Å². The number of aliphatic hydroxyl groups is 1. The summed E-state index contributed by atoms with van der Waals surface area (Å²) < 4.78 is 6.79. The Morgan fingerprint density at radius 2 is 2.14 bits per heavy atom. The van der Waals surface area contributed by atoms with Crippen molar-refractivity contribution in [3.63, 3.8) is 0 Å². The molecule has 5 nitrogen and oxygen atoms in total. The van der Waals surface area contributed by atoms with Gasteiger partial charge in [0.15, 0.2) is 0 Å². The molecule has 0 bridgehead atoms. The van der Waals surface area contributed by atoms with Gasteiger partial charge < -0.3 is 9.84 Å². The molecule has 1 aromatic carbocycles. The number of hydrogen-bond acceptors (Lipinski definition) is 4. The number of hydrogen-bond donors (Lipinski definition) is 1. The van der Waals surface area contributed by atoms with Crippen LogP contribution in [0.15, 0.2) is 24.4 Å². The second-order valence-electron chi connectivity index (χ2n) is 6.06. The first-order valence-electron chi connectivity index (χ1n) is 7.89. The number of rotatable bonds is 4. The van der Waals surface area contributed by atoms with E-state index in [9.17, 15) is 4.79 Å². The fourth-order valence-corrected chi connectivity index (χ4v) is 3.35. The molecular formula is C17H22N2O3. The molecule has 1 aliphatic carbocycles. The van der Waals surface area contributed by atoms with Crippen molar-refractivity contribution in [2.45, 2.75) is 38.1 Å². The molecule has 1 fully saturated rings. The van der Waals surface area contributed by atoms with Crippen LogP contribution in [-0.2, 0) is 4.74 Å². The molecule has 0 aliphatic heterocycles. The fourth-order valence-electron chi connectivity index (χ4n) is 3.35. The molecule has 1 aromatic heterocycles. The number of benzene rings is 1. The van der Waals surface area contributed by atoms with E-state index in [0.717, 1.165) is 43.0 Å². The number of carbonyl (C=O) groups excluding carboxylic acids is 1. The maximum absolute atomic E-state index is 11.6. The highest BCUT2D eigenvalue weighted by molar-refractivity contribution is 5.94. The van der Waals surface area contributed by atoms with Crippen LogP contribution in [0.5, 0.6) is 0 Å². The Morgan fingerprint density at radius 1 is 1.36 bits per heavy atom. The van der Waals surface area contributed by atoms with Gasteiger partial charge in [0.2, 0.25) is 0 Å². The fraction of sp³-hybridized carbons (Fsp3) is 0.529. The first kappa shape index (κ1) is 15.0. The van der Waals surface area contributed by atoms with E-state index in [1.54, 1.807) is 12.1 Å². The zero-order chi connectivity index (χ0) is 15.5. The standard InChI is InChI=1S/C17H22N2O3/c1-22-17(21)13-4-5-14-11-19(18-16(14)10-13)15-6-2-12(3-7-15)8-9-20/h4-5,10-12,15,20H,2-3,6-9H2,1H3. The minimum atomic E-state index is -0.332. The summed E-state index contributed by atoms with van der Waals surface area (Å²) in [5.74, 6) is 0.318. The van der Waals surface area contributed by atoms with Gasteiger partial charge in [-0.3, -0.25) is 4.68 Å². The van der Waals surface area contributed by atoms with Crippen LogP contribution in [0.4, 0.5) is 0 Å². The van der Waals surface area contributed by atoms with Crippen molar-refractivity contribution in [3.8, 4) is 0 Å². The van der Waals surface area contributed by atoms with Crippen LogP contribution in [0.3, 0.4) is 0 Å². The topological polar surface area (TPSA) is 64.3 Å². The summed E-state index contributed by atoms with van der Waals surface area (Å²) in [4.78, 5) is 11.6. The average molecular weight is 302 g/mol. The second-order valence-corrected chi connectivity index (χ2v) is 6.06. The molecule has 118 valence electrons. The first-order chi connectivity index (χ1) is 10.7. The summed E-state index contributed by atoms with van der Waals surface area (Å²) in [5, 5.41) is 14.7. The SMILES string of the molecule is COC(=O)c1ccc2cn(C3CCC(CCO)CC3)nc2c1. The van der Waals surface area contributed by atoms with Crippen molar-refractivity contribution < 1.29 is 14.6 Å². The molecule has 1 aliphatic rings. The Kier molecular flexibility index (Phi) is 4.43. The number of aliphatic hydroxyl groups excluding tert-OH is 1. The molecule has 0 unspecified atom stereocenters. The first-order valence-corrected chi connectivity index (χ1v) is 7.89. The summed E-state index contributed by atoms with van der Waals surface area (Å²) in [5.41, 5.74) is 1.37. The van der Waals surface area contributed by atoms with E-state index in [4.69, 9.17) is 9.84 Å². The lowest BCUT2D eigenvalue weighted by molar-refractivity contribution is 0.0601. The quantitative estimate of drug-likeness (QED) is 0.882. The van der Waals surface area contributed by atoms with E-state index in [2.05, 4.69) is 11.3 Å². The van der Waals surface area contributed by atoms with E-state index in [1.807, 2.05) is 10.7 Å². The highest BCUT2D eigenvalue weighted by Gasteiger charge is 2.22. The number of fused-ring (bicyclic) bond motifs is 1. The minimum Gasteiger partial charge on any atom is -0.465 e. The van der Waals surface area contributed by atoms with Gasteiger partial charge in [-0.1, -0.05) is 6.07 Å². The van der Waals surface area contributed by atoms with Crippen molar-refractivity contribution in [3.05, 3.63) is 30.0 Å². The predicted octanol–water partition coefficient (Wildman–Crippen LogP) is 2.94. The molecule has 1 heterocycles. The minimum absolute atomic E-state index is 0.289. The maximum atomic E-state index is 11.6. The lowest BCUT2D eigenvalue weighted by Gasteiger charge is -2.28. The number of carbonyl (C=O) groups is 1. The van der Waals surface area contributed by atoms with E-state index >= 15 is 0 Å². The van der Waals surface area contributed by atoms with Crippen molar-refractivity contribution >= 4 is 16.9 Å². The molecule has 0 amide bonds. The monoisotopic (exact) mass is 302 g/mol. The Bertz CT molecular complexity index is 657. The van der Waals surface area contributed by atoms with Gasteiger partial charge in [0, 0.05) is 18.2 Å². The van der Waals surface area contributed by atoms with Gasteiger partial charge in [-0.25, -0.2) is 4.79 Å². The van der Waals surface area contributed by atoms with Gasteiger partial charge >= 0.3 is 5.97 Å². The summed E-state index contributed by atoms with van der Waals surface area (Å²) >= 11 is 0. The van der Waals surface area contributed by atoms with E-state index < -0.39 is 0 Å². The zero-order valence-electron chi connectivity index (χ0n) is 12.9. The smallest absolute Gasteiger partial charge is 0.337 e. The highest BCUT2D eigenvalue weighted by Crippen LogP contribution is 2.34. The molecule has 0 radical (unpaired) electrons. The molecule has 5 heteroatoms. The molecule has 0 spiro atoms. The van der Waals surface area contributed by atoms with Crippen molar-refractivity contribution in [2.24, 2.45) is 5.92 Å². The largest absolute Gasteiger partial charge is 0.465 e.